The van der Waals surface area contributed by atoms with Crippen LogP contribution in [0.1, 0.15) is 16.1 Å². The van der Waals surface area contributed by atoms with Gasteiger partial charge in [0, 0.05) is 11.0 Å². The molecule has 0 spiro atoms. The van der Waals surface area contributed by atoms with Crippen LogP contribution in [0.4, 0.5) is 0 Å². The summed E-state index contributed by atoms with van der Waals surface area (Å²) in [6.07, 6.45) is 3.21. The number of aryl methyl sites for hydroxylation is 2. The smallest absolute Gasteiger partial charge is 0.171 e. The molecule has 0 amide bonds. The number of halogens is 1. The maximum absolute atomic E-state index is 10.4. The largest absolute Gasteiger partial charge is 0.296 e. The van der Waals surface area contributed by atoms with Crippen molar-refractivity contribution in [3.8, 4) is 0 Å². The van der Waals surface area contributed by atoms with Crippen LogP contribution in [0, 0.1) is 0 Å². The number of aldehydes is 1. The monoisotopic (exact) mass is 279 g/mol. The number of rotatable bonds is 4. The summed E-state index contributed by atoms with van der Waals surface area (Å²) in [4.78, 5) is 10.4. The number of aromatic nitrogens is 3. The molecule has 0 saturated carbocycles. The van der Waals surface area contributed by atoms with E-state index in [9.17, 15) is 4.79 Å². The third kappa shape index (κ3) is 2.76. The molecule has 0 saturated heterocycles. The van der Waals surface area contributed by atoms with Gasteiger partial charge in [-0.25, -0.2) is 0 Å². The number of carbonyl (C=O) groups excluding carboxylic acids is 1. The van der Waals surface area contributed by atoms with Crippen LogP contribution in [0.3, 0.4) is 0 Å². The Labute approximate surface area is 101 Å². The molecule has 1 heterocycles. The fourth-order valence-corrected chi connectivity index (χ4v) is 1.64. The second-order valence-electron chi connectivity index (χ2n) is 3.40. The summed E-state index contributed by atoms with van der Waals surface area (Å²) in [5, 5.41) is 7.54. The zero-order chi connectivity index (χ0) is 11.4. The molecule has 5 heteroatoms. The minimum Gasteiger partial charge on any atom is -0.296 e. The Balaban J connectivity index is 1.96. The Kier molecular flexibility index (Phi) is 3.46. The van der Waals surface area contributed by atoms with Crippen LogP contribution in [0.15, 0.2) is 34.9 Å². The molecule has 0 aliphatic rings. The van der Waals surface area contributed by atoms with Gasteiger partial charge in [0.15, 0.2) is 6.29 Å². The van der Waals surface area contributed by atoms with Gasteiger partial charge >= 0.3 is 0 Å². The summed E-state index contributed by atoms with van der Waals surface area (Å²) in [5.74, 6) is 0. The third-order valence-electron chi connectivity index (χ3n) is 2.22. The van der Waals surface area contributed by atoms with Crippen LogP contribution >= 0.6 is 15.9 Å². The normalized spacial score (nSPS) is 10.3. The van der Waals surface area contributed by atoms with Crippen LogP contribution in [0.2, 0.25) is 0 Å². The van der Waals surface area contributed by atoms with Crippen molar-refractivity contribution >= 4 is 22.2 Å². The van der Waals surface area contributed by atoms with E-state index in [2.05, 4.69) is 38.4 Å². The van der Waals surface area contributed by atoms with Crippen LogP contribution in [0.5, 0.6) is 0 Å². The van der Waals surface area contributed by atoms with Crippen LogP contribution in [-0.4, -0.2) is 21.3 Å². The molecule has 2 rings (SSSR count). The van der Waals surface area contributed by atoms with E-state index in [0.717, 1.165) is 17.4 Å². The van der Waals surface area contributed by atoms with Gasteiger partial charge in [0.25, 0.3) is 0 Å². The highest BCUT2D eigenvalue weighted by molar-refractivity contribution is 9.10. The predicted octanol–water partition coefficient (Wildman–Crippen LogP) is 2.10. The number of carbonyl (C=O) groups is 1. The minimum absolute atomic E-state index is 0.371. The zero-order valence-electron chi connectivity index (χ0n) is 8.51. The molecule has 0 fully saturated rings. The highest BCUT2D eigenvalue weighted by atomic mass is 79.9. The van der Waals surface area contributed by atoms with Gasteiger partial charge in [-0.15, -0.1) is 5.10 Å². The average Bonchev–Trinajstić information content (AvgIpc) is 2.76. The topological polar surface area (TPSA) is 47.8 Å². The fraction of sp³-hybridized carbons (Fsp3) is 0.182. The number of hydrogen-bond acceptors (Lipinski definition) is 3. The second-order valence-corrected chi connectivity index (χ2v) is 4.32. The van der Waals surface area contributed by atoms with E-state index in [1.54, 1.807) is 10.9 Å². The van der Waals surface area contributed by atoms with E-state index < -0.39 is 0 Å². The first-order valence-electron chi connectivity index (χ1n) is 4.87. The minimum atomic E-state index is 0.371. The van der Waals surface area contributed by atoms with Crippen molar-refractivity contribution in [3.63, 3.8) is 0 Å². The highest BCUT2D eigenvalue weighted by Gasteiger charge is 1.99. The third-order valence-corrected chi connectivity index (χ3v) is 2.75. The molecule has 0 atom stereocenters. The molecular formula is C11H10BrN3O. The maximum atomic E-state index is 10.4. The molecule has 0 N–H and O–H groups in total. The summed E-state index contributed by atoms with van der Waals surface area (Å²) in [7, 11) is 0. The van der Waals surface area contributed by atoms with Crippen molar-refractivity contribution in [2.45, 2.75) is 13.0 Å². The Morgan fingerprint density at radius 2 is 2.06 bits per heavy atom. The van der Waals surface area contributed by atoms with Crippen molar-refractivity contribution in [1.29, 1.82) is 0 Å². The Morgan fingerprint density at radius 3 is 2.69 bits per heavy atom. The van der Waals surface area contributed by atoms with E-state index in [4.69, 9.17) is 0 Å². The summed E-state index contributed by atoms with van der Waals surface area (Å²) in [6.45, 7) is 0.725. The summed E-state index contributed by atoms with van der Waals surface area (Å²) in [5.41, 5.74) is 1.60. The average molecular weight is 280 g/mol. The number of hydrogen-bond donors (Lipinski definition) is 0. The van der Waals surface area contributed by atoms with Crippen molar-refractivity contribution in [3.05, 3.63) is 46.2 Å². The van der Waals surface area contributed by atoms with E-state index in [1.165, 1.54) is 5.56 Å². The first kappa shape index (κ1) is 11.0. The van der Waals surface area contributed by atoms with Crippen molar-refractivity contribution in [2.75, 3.05) is 0 Å². The fourth-order valence-electron chi connectivity index (χ4n) is 1.37. The molecule has 2 aromatic rings. The Hall–Kier alpha value is -1.49. The van der Waals surface area contributed by atoms with E-state index in [-0.39, 0.29) is 0 Å². The SMILES string of the molecule is O=Cc1cn(CCc2ccc(Br)cc2)nn1. The molecule has 0 bridgehead atoms. The lowest BCUT2D eigenvalue weighted by Crippen LogP contribution is -2.01. The predicted molar refractivity (Wildman–Crippen MR) is 63.3 cm³/mol. The number of nitrogens with zero attached hydrogens (tertiary/aromatic N) is 3. The summed E-state index contributed by atoms with van der Waals surface area (Å²) < 4.78 is 2.74. The lowest BCUT2D eigenvalue weighted by Gasteiger charge is -2.01. The van der Waals surface area contributed by atoms with Crippen LogP contribution < -0.4 is 0 Å². The summed E-state index contributed by atoms with van der Waals surface area (Å²) in [6, 6.07) is 8.13. The van der Waals surface area contributed by atoms with Gasteiger partial charge in [0.2, 0.25) is 0 Å². The zero-order valence-corrected chi connectivity index (χ0v) is 10.1. The van der Waals surface area contributed by atoms with Crippen molar-refractivity contribution in [1.82, 2.24) is 15.0 Å². The van der Waals surface area contributed by atoms with Gasteiger partial charge < -0.3 is 0 Å². The van der Waals surface area contributed by atoms with Gasteiger partial charge in [0.05, 0.1) is 6.20 Å². The number of benzene rings is 1. The molecule has 1 aromatic carbocycles. The molecular weight excluding hydrogens is 270 g/mol. The first-order valence-corrected chi connectivity index (χ1v) is 5.67. The molecule has 0 unspecified atom stereocenters. The quantitative estimate of drug-likeness (QED) is 0.806. The lowest BCUT2D eigenvalue weighted by molar-refractivity contribution is 0.111. The lowest BCUT2D eigenvalue weighted by atomic mass is 10.1. The van der Waals surface area contributed by atoms with Gasteiger partial charge in [-0.05, 0) is 24.1 Å². The Morgan fingerprint density at radius 1 is 1.31 bits per heavy atom. The van der Waals surface area contributed by atoms with Gasteiger partial charge in [0.1, 0.15) is 5.69 Å². The van der Waals surface area contributed by atoms with Gasteiger partial charge in [-0.3, -0.25) is 9.48 Å². The molecule has 16 heavy (non-hydrogen) atoms. The van der Waals surface area contributed by atoms with Crippen molar-refractivity contribution in [2.24, 2.45) is 0 Å². The standard InChI is InChI=1S/C11H10BrN3O/c12-10-3-1-9(2-4-10)5-6-15-7-11(8-16)13-14-15/h1-4,7-8H,5-6H2. The van der Waals surface area contributed by atoms with Crippen LogP contribution in [-0.2, 0) is 13.0 Å². The Bertz CT molecular complexity index is 478. The molecule has 82 valence electrons. The van der Waals surface area contributed by atoms with Gasteiger partial charge in [-0.1, -0.05) is 33.3 Å². The molecule has 1 aromatic heterocycles. The molecule has 0 aliphatic carbocycles. The van der Waals surface area contributed by atoms with Gasteiger partial charge in [-0.2, -0.15) is 0 Å². The second kappa shape index (κ2) is 5.03. The van der Waals surface area contributed by atoms with E-state index in [1.807, 2.05) is 12.1 Å². The molecule has 0 radical (unpaired) electrons. The van der Waals surface area contributed by atoms with E-state index >= 15 is 0 Å². The highest BCUT2D eigenvalue weighted by Crippen LogP contribution is 2.11. The summed E-state index contributed by atoms with van der Waals surface area (Å²) >= 11 is 3.39. The molecule has 0 aliphatic heterocycles. The maximum Gasteiger partial charge on any atom is 0.171 e. The van der Waals surface area contributed by atoms with E-state index in [0.29, 0.717) is 12.0 Å². The molecule has 4 nitrogen and oxygen atoms in total. The first-order chi connectivity index (χ1) is 7.78. The van der Waals surface area contributed by atoms with Crippen LogP contribution in [0.25, 0.3) is 0 Å². The van der Waals surface area contributed by atoms with Crippen molar-refractivity contribution < 1.29 is 4.79 Å².